The SMILES string of the molecule is CC1=C[C@H](O)C2C(C)(C)CCC[C@]2(C)[C@@]1(O)CO. The lowest BCUT2D eigenvalue weighted by Crippen LogP contribution is -2.64. The Hall–Kier alpha value is -0.380. The highest BCUT2D eigenvalue weighted by Gasteiger charge is 2.61. The molecule has 2 aliphatic rings. The standard InChI is InChI=1S/C15H26O3/c1-10-8-11(17)12-13(2,3)6-5-7-14(12,4)15(10,18)9-16/h8,11-12,16-18H,5-7,9H2,1-4H3/t11-,12?,14-,15+/m0/s1. The van der Waals surface area contributed by atoms with Gasteiger partial charge in [0.2, 0.25) is 0 Å². The van der Waals surface area contributed by atoms with Crippen LogP contribution in [0.15, 0.2) is 11.6 Å². The van der Waals surface area contributed by atoms with Crippen molar-refractivity contribution < 1.29 is 15.3 Å². The van der Waals surface area contributed by atoms with Crippen molar-refractivity contribution in [3.63, 3.8) is 0 Å². The molecule has 0 aliphatic heterocycles. The maximum absolute atomic E-state index is 10.9. The first-order valence-corrected chi connectivity index (χ1v) is 6.89. The highest BCUT2D eigenvalue weighted by atomic mass is 16.3. The molecular weight excluding hydrogens is 228 g/mol. The van der Waals surface area contributed by atoms with Crippen molar-refractivity contribution in [1.29, 1.82) is 0 Å². The lowest BCUT2D eigenvalue weighted by molar-refractivity contribution is -0.185. The van der Waals surface area contributed by atoms with E-state index < -0.39 is 17.1 Å². The smallest absolute Gasteiger partial charge is 0.114 e. The molecule has 1 unspecified atom stereocenters. The molecular formula is C15H26O3. The molecule has 18 heavy (non-hydrogen) atoms. The molecule has 3 nitrogen and oxygen atoms in total. The number of hydrogen-bond donors (Lipinski definition) is 3. The number of fused-ring (bicyclic) bond motifs is 1. The Morgan fingerprint density at radius 3 is 2.44 bits per heavy atom. The molecule has 2 aliphatic carbocycles. The van der Waals surface area contributed by atoms with E-state index in [0.717, 1.165) is 19.3 Å². The van der Waals surface area contributed by atoms with Gasteiger partial charge in [-0.3, -0.25) is 0 Å². The van der Waals surface area contributed by atoms with Crippen molar-refractivity contribution >= 4 is 0 Å². The van der Waals surface area contributed by atoms with Crippen LogP contribution in [0.1, 0.15) is 47.0 Å². The molecule has 3 heteroatoms. The number of aliphatic hydroxyl groups excluding tert-OH is 2. The first kappa shape index (κ1) is 14.0. The molecule has 2 rings (SSSR count). The molecule has 4 atom stereocenters. The third-order valence-electron chi connectivity index (χ3n) is 5.63. The van der Waals surface area contributed by atoms with Gasteiger partial charge in [0, 0.05) is 11.3 Å². The van der Waals surface area contributed by atoms with E-state index in [4.69, 9.17) is 0 Å². The first-order valence-electron chi connectivity index (χ1n) is 6.89. The lowest BCUT2D eigenvalue weighted by Gasteiger charge is -2.61. The summed E-state index contributed by atoms with van der Waals surface area (Å²) in [5.41, 5.74) is -0.975. The fourth-order valence-corrected chi connectivity index (χ4v) is 4.63. The Morgan fingerprint density at radius 1 is 1.28 bits per heavy atom. The molecule has 104 valence electrons. The fraction of sp³-hybridized carbons (Fsp3) is 0.867. The minimum Gasteiger partial charge on any atom is -0.393 e. The second kappa shape index (κ2) is 4.06. The molecule has 1 saturated carbocycles. The van der Waals surface area contributed by atoms with E-state index in [1.807, 2.05) is 13.8 Å². The Morgan fingerprint density at radius 2 is 1.89 bits per heavy atom. The second-order valence-electron chi connectivity index (χ2n) is 7.10. The quantitative estimate of drug-likeness (QED) is 0.626. The first-order chi connectivity index (χ1) is 8.19. The Bertz CT molecular complexity index is 374. The van der Waals surface area contributed by atoms with Crippen LogP contribution < -0.4 is 0 Å². The van der Waals surface area contributed by atoms with E-state index in [1.54, 1.807) is 6.08 Å². The molecule has 0 aromatic heterocycles. The van der Waals surface area contributed by atoms with Crippen LogP contribution in [0.4, 0.5) is 0 Å². The molecule has 3 N–H and O–H groups in total. The van der Waals surface area contributed by atoms with Gasteiger partial charge < -0.3 is 15.3 Å². The lowest BCUT2D eigenvalue weighted by atomic mass is 9.46. The summed E-state index contributed by atoms with van der Waals surface area (Å²) in [6.45, 7) is 7.87. The van der Waals surface area contributed by atoms with Gasteiger partial charge in [-0.1, -0.05) is 33.3 Å². The minimum atomic E-state index is -1.20. The molecule has 0 amide bonds. The minimum absolute atomic E-state index is 0.0143. The monoisotopic (exact) mass is 254 g/mol. The van der Waals surface area contributed by atoms with Crippen LogP contribution in [0.25, 0.3) is 0 Å². The van der Waals surface area contributed by atoms with Gasteiger partial charge in [-0.05, 0) is 30.8 Å². The zero-order valence-corrected chi connectivity index (χ0v) is 11.9. The summed E-state index contributed by atoms with van der Waals surface area (Å²) in [6, 6.07) is 0. The molecule has 0 spiro atoms. The maximum Gasteiger partial charge on any atom is 0.114 e. The Balaban J connectivity index is 2.58. The highest BCUT2D eigenvalue weighted by molar-refractivity contribution is 5.29. The summed E-state index contributed by atoms with van der Waals surface area (Å²) in [4.78, 5) is 0. The normalized spacial score (nSPS) is 47.4. The molecule has 0 heterocycles. The van der Waals surface area contributed by atoms with E-state index in [2.05, 4.69) is 13.8 Å². The van der Waals surface area contributed by atoms with Gasteiger partial charge in [0.15, 0.2) is 0 Å². The van der Waals surface area contributed by atoms with Gasteiger partial charge in [-0.25, -0.2) is 0 Å². The van der Waals surface area contributed by atoms with Crippen molar-refractivity contribution in [1.82, 2.24) is 0 Å². The summed E-state index contributed by atoms with van der Waals surface area (Å²) in [5, 5.41) is 31.1. The largest absolute Gasteiger partial charge is 0.393 e. The van der Waals surface area contributed by atoms with Crippen molar-refractivity contribution in [3.05, 3.63) is 11.6 Å². The zero-order valence-electron chi connectivity index (χ0n) is 11.9. The predicted octanol–water partition coefficient (Wildman–Crippen LogP) is 1.86. The topological polar surface area (TPSA) is 60.7 Å². The second-order valence-corrected chi connectivity index (χ2v) is 7.10. The van der Waals surface area contributed by atoms with Crippen LogP contribution in [-0.4, -0.2) is 33.6 Å². The van der Waals surface area contributed by atoms with Crippen LogP contribution in [0, 0.1) is 16.7 Å². The summed E-state index contributed by atoms with van der Waals surface area (Å²) < 4.78 is 0. The van der Waals surface area contributed by atoms with Crippen LogP contribution >= 0.6 is 0 Å². The number of rotatable bonds is 1. The molecule has 0 bridgehead atoms. The van der Waals surface area contributed by atoms with Crippen LogP contribution in [0.5, 0.6) is 0 Å². The third kappa shape index (κ3) is 1.60. The van der Waals surface area contributed by atoms with E-state index in [9.17, 15) is 15.3 Å². The van der Waals surface area contributed by atoms with Crippen molar-refractivity contribution in [3.8, 4) is 0 Å². The van der Waals surface area contributed by atoms with Gasteiger partial charge in [0.1, 0.15) is 5.60 Å². The van der Waals surface area contributed by atoms with Crippen molar-refractivity contribution in [2.45, 2.75) is 58.7 Å². The summed E-state index contributed by atoms with van der Waals surface area (Å²) in [6.07, 6.45) is 4.13. The van der Waals surface area contributed by atoms with E-state index in [-0.39, 0.29) is 17.9 Å². The predicted molar refractivity (Wildman–Crippen MR) is 71.0 cm³/mol. The van der Waals surface area contributed by atoms with Gasteiger partial charge in [0.25, 0.3) is 0 Å². The maximum atomic E-state index is 10.9. The average Bonchev–Trinajstić information content (AvgIpc) is 2.24. The summed E-state index contributed by atoms with van der Waals surface area (Å²) in [7, 11) is 0. The van der Waals surface area contributed by atoms with Crippen molar-refractivity contribution in [2.24, 2.45) is 16.7 Å². The molecule has 0 aromatic rings. The average molecular weight is 254 g/mol. The number of aliphatic hydroxyl groups is 3. The summed E-state index contributed by atoms with van der Waals surface area (Å²) >= 11 is 0. The van der Waals surface area contributed by atoms with Gasteiger partial charge >= 0.3 is 0 Å². The van der Waals surface area contributed by atoms with Gasteiger partial charge in [0.05, 0.1) is 12.7 Å². The molecule has 0 aromatic carbocycles. The summed E-state index contributed by atoms with van der Waals surface area (Å²) in [5.74, 6) is -0.0143. The Labute approximate surface area is 110 Å². The van der Waals surface area contributed by atoms with Gasteiger partial charge in [-0.15, -0.1) is 0 Å². The molecule has 0 radical (unpaired) electrons. The molecule has 1 fully saturated rings. The van der Waals surface area contributed by atoms with E-state index in [1.165, 1.54) is 0 Å². The van der Waals surface area contributed by atoms with E-state index in [0.29, 0.717) is 5.57 Å². The number of hydrogen-bond acceptors (Lipinski definition) is 3. The highest BCUT2D eigenvalue weighted by Crippen LogP contribution is 2.60. The Kier molecular flexibility index (Phi) is 3.16. The van der Waals surface area contributed by atoms with Gasteiger partial charge in [-0.2, -0.15) is 0 Å². The molecule has 0 saturated heterocycles. The van der Waals surface area contributed by atoms with Crippen LogP contribution in [0.2, 0.25) is 0 Å². The third-order valence-corrected chi connectivity index (χ3v) is 5.63. The van der Waals surface area contributed by atoms with Crippen molar-refractivity contribution in [2.75, 3.05) is 6.61 Å². The van der Waals surface area contributed by atoms with E-state index >= 15 is 0 Å². The van der Waals surface area contributed by atoms with Crippen LogP contribution in [-0.2, 0) is 0 Å². The zero-order chi connectivity index (χ0) is 13.8. The van der Waals surface area contributed by atoms with Crippen LogP contribution in [0.3, 0.4) is 0 Å². The fourth-order valence-electron chi connectivity index (χ4n) is 4.63.